The van der Waals surface area contributed by atoms with Gasteiger partial charge in [-0.15, -0.1) is 11.3 Å². The third-order valence-electron chi connectivity index (χ3n) is 1.85. The standard InChI is InChI=1S/C9H5IO3S/c10-4-1-5-6(9(12)13)3-14-8(5)7(11)2-4/h1-3,11H,(H,12,13). The summed E-state index contributed by atoms with van der Waals surface area (Å²) in [5.74, 6) is -0.818. The Hall–Kier alpha value is -0.820. The van der Waals surface area contributed by atoms with E-state index in [0.29, 0.717) is 10.1 Å². The van der Waals surface area contributed by atoms with E-state index >= 15 is 0 Å². The first kappa shape index (κ1) is 9.72. The Morgan fingerprint density at radius 2 is 2.14 bits per heavy atom. The van der Waals surface area contributed by atoms with Gasteiger partial charge in [0.1, 0.15) is 5.75 Å². The second-order valence-electron chi connectivity index (χ2n) is 2.76. The van der Waals surface area contributed by atoms with Gasteiger partial charge in [-0.05, 0) is 34.7 Å². The van der Waals surface area contributed by atoms with Gasteiger partial charge in [0.25, 0.3) is 0 Å². The minimum Gasteiger partial charge on any atom is -0.506 e. The molecular formula is C9H5IO3S. The topological polar surface area (TPSA) is 57.5 Å². The molecule has 0 fully saturated rings. The SMILES string of the molecule is O=C(O)c1csc2c(O)cc(I)cc12. The van der Waals surface area contributed by atoms with Crippen LogP contribution < -0.4 is 0 Å². The van der Waals surface area contributed by atoms with Crippen molar-refractivity contribution in [1.29, 1.82) is 0 Å². The second-order valence-corrected chi connectivity index (χ2v) is 4.88. The molecule has 0 atom stereocenters. The predicted octanol–water partition coefficient (Wildman–Crippen LogP) is 2.91. The number of fused-ring (bicyclic) bond motifs is 1. The number of carboxylic acids is 1. The number of thiophene rings is 1. The van der Waals surface area contributed by atoms with Gasteiger partial charge in [0.15, 0.2) is 0 Å². The summed E-state index contributed by atoms with van der Waals surface area (Å²) in [5, 5.41) is 20.6. The van der Waals surface area contributed by atoms with Crippen molar-refractivity contribution in [3.63, 3.8) is 0 Å². The first-order chi connectivity index (χ1) is 6.59. The molecule has 0 bridgehead atoms. The van der Waals surface area contributed by atoms with Gasteiger partial charge in [-0.2, -0.15) is 0 Å². The van der Waals surface area contributed by atoms with Crippen LogP contribution in [0.3, 0.4) is 0 Å². The lowest BCUT2D eigenvalue weighted by Gasteiger charge is -1.97. The molecule has 0 aliphatic carbocycles. The van der Waals surface area contributed by atoms with Gasteiger partial charge in [0.2, 0.25) is 0 Å². The number of aromatic hydroxyl groups is 1. The first-order valence-corrected chi connectivity index (χ1v) is 5.68. The van der Waals surface area contributed by atoms with E-state index in [9.17, 15) is 9.90 Å². The van der Waals surface area contributed by atoms with Crippen LogP contribution in [0.2, 0.25) is 0 Å². The van der Waals surface area contributed by atoms with Crippen LogP contribution in [0.15, 0.2) is 17.5 Å². The molecular weight excluding hydrogens is 315 g/mol. The molecule has 1 heterocycles. The lowest BCUT2D eigenvalue weighted by atomic mass is 10.2. The number of benzene rings is 1. The van der Waals surface area contributed by atoms with Crippen molar-refractivity contribution in [2.75, 3.05) is 0 Å². The number of halogens is 1. The number of hydrogen-bond donors (Lipinski definition) is 2. The van der Waals surface area contributed by atoms with E-state index in [0.717, 1.165) is 3.57 Å². The average molecular weight is 320 g/mol. The average Bonchev–Trinajstić information content (AvgIpc) is 2.47. The molecule has 5 heteroatoms. The van der Waals surface area contributed by atoms with E-state index in [-0.39, 0.29) is 11.3 Å². The van der Waals surface area contributed by atoms with Crippen LogP contribution in [-0.2, 0) is 0 Å². The highest BCUT2D eigenvalue weighted by atomic mass is 127. The summed E-state index contributed by atoms with van der Waals surface area (Å²) < 4.78 is 1.45. The Morgan fingerprint density at radius 1 is 1.43 bits per heavy atom. The van der Waals surface area contributed by atoms with Crippen molar-refractivity contribution in [1.82, 2.24) is 0 Å². The van der Waals surface area contributed by atoms with E-state index in [2.05, 4.69) is 0 Å². The molecule has 0 saturated heterocycles. The zero-order valence-corrected chi connectivity index (χ0v) is 9.79. The summed E-state index contributed by atoms with van der Waals surface area (Å²) in [5.41, 5.74) is 0.249. The Morgan fingerprint density at radius 3 is 2.79 bits per heavy atom. The van der Waals surface area contributed by atoms with Crippen LogP contribution in [0.25, 0.3) is 10.1 Å². The molecule has 3 nitrogen and oxygen atoms in total. The summed E-state index contributed by atoms with van der Waals surface area (Å²) >= 11 is 3.29. The smallest absolute Gasteiger partial charge is 0.337 e. The number of phenolic OH excluding ortho intramolecular Hbond substituents is 1. The summed E-state index contributed by atoms with van der Waals surface area (Å²) in [6.07, 6.45) is 0. The van der Waals surface area contributed by atoms with Crippen LogP contribution in [0.5, 0.6) is 5.75 Å². The molecule has 1 aromatic heterocycles. The van der Waals surface area contributed by atoms with Gasteiger partial charge < -0.3 is 10.2 Å². The Kier molecular flexibility index (Phi) is 2.36. The summed E-state index contributed by atoms with van der Waals surface area (Å²) in [7, 11) is 0. The fraction of sp³-hybridized carbons (Fsp3) is 0. The van der Waals surface area contributed by atoms with Crippen LogP contribution >= 0.6 is 33.9 Å². The molecule has 0 aliphatic rings. The molecule has 2 rings (SSSR count). The fourth-order valence-corrected chi connectivity index (χ4v) is 2.80. The monoisotopic (exact) mass is 320 g/mol. The molecule has 14 heavy (non-hydrogen) atoms. The fourth-order valence-electron chi connectivity index (χ4n) is 1.25. The number of aromatic carboxylic acids is 1. The highest BCUT2D eigenvalue weighted by Crippen LogP contribution is 2.34. The third kappa shape index (κ3) is 1.46. The van der Waals surface area contributed by atoms with Crippen molar-refractivity contribution in [2.24, 2.45) is 0 Å². The van der Waals surface area contributed by atoms with Gasteiger partial charge in [-0.1, -0.05) is 0 Å². The largest absolute Gasteiger partial charge is 0.506 e. The third-order valence-corrected chi connectivity index (χ3v) is 3.49. The molecule has 2 N–H and O–H groups in total. The maximum absolute atomic E-state index is 10.8. The quantitative estimate of drug-likeness (QED) is 0.795. The number of hydrogen-bond acceptors (Lipinski definition) is 3. The van der Waals surface area contributed by atoms with Crippen LogP contribution in [0.4, 0.5) is 0 Å². The molecule has 0 unspecified atom stereocenters. The molecule has 0 saturated carbocycles. The number of carbonyl (C=O) groups is 1. The van der Waals surface area contributed by atoms with E-state index in [4.69, 9.17) is 5.11 Å². The zero-order chi connectivity index (χ0) is 10.3. The van der Waals surface area contributed by atoms with Crippen molar-refractivity contribution < 1.29 is 15.0 Å². The molecule has 0 amide bonds. The zero-order valence-electron chi connectivity index (χ0n) is 6.82. The van der Waals surface area contributed by atoms with Gasteiger partial charge in [0, 0.05) is 14.3 Å². The Labute approximate surface area is 97.1 Å². The predicted molar refractivity (Wildman–Crippen MR) is 63.2 cm³/mol. The van der Waals surface area contributed by atoms with Crippen molar-refractivity contribution in [3.8, 4) is 5.75 Å². The summed E-state index contributed by atoms with van der Waals surface area (Å²) in [6.45, 7) is 0. The van der Waals surface area contributed by atoms with Crippen LogP contribution in [0, 0.1) is 3.57 Å². The molecule has 0 spiro atoms. The van der Waals surface area contributed by atoms with Gasteiger partial charge >= 0.3 is 5.97 Å². The normalized spacial score (nSPS) is 10.6. The summed E-state index contributed by atoms with van der Waals surface area (Å²) in [4.78, 5) is 10.8. The Balaban J connectivity index is 2.85. The molecule has 2 aromatic rings. The number of carboxylic acid groups (broad SMARTS) is 1. The number of rotatable bonds is 1. The minimum atomic E-state index is -0.961. The molecule has 72 valence electrons. The lowest BCUT2D eigenvalue weighted by molar-refractivity contribution is 0.0699. The van der Waals surface area contributed by atoms with Gasteiger partial charge in [0.05, 0.1) is 10.3 Å². The van der Waals surface area contributed by atoms with Crippen LogP contribution in [-0.4, -0.2) is 16.2 Å². The van der Waals surface area contributed by atoms with E-state index in [1.165, 1.54) is 11.3 Å². The maximum atomic E-state index is 10.8. The van der Waals surface area contributed by atoms with E-state index in [1.807, 2.05) is 22.6 Å². The van der Waals surface area contributed by atoms with Crippen molar-refractivity contribution in [3.05, 3.63) is 26.6 Å². The lowest BCUT2D eigenvalue weighted by Crippen LogP contribution is -1.93. The van der Waals surface area contributed by atoms with E-state index in [1.54, 1.807) is 17.5 Å². The first-order valence-electron chi connectivity index (χ1n) is 3.72. The highest BCUT2D eigenvalue weighted by molar-refractivity contribution is 14.1. The van der Waals surface area contributed by atoms with Gasteiger partial charge in [-0.3, -0.25) is 0 Å². The molecule has 0 aliphatic heterocycles. The molecule has 1 aromatic carbocycles. The van der Waals surface area contributed by atoms with Crippen molar-refractivity contribution >= 4 is 50.0 Å². The number of phenols is 1. The maximum Gasteiger partial charge on any atom is 0.337 e. The second kappa shape index (κ2) is 3.39. The Bertz CT molecular complexity index is 518. The minimum absolute atomic E-state index is 0.143. The highest BCUT2D eigenvalue weighted by Gasteiger charge is 2.13. The van der Waals surface area contributed by atoms with E-state index < -0.39 is 5.97 Å². The van der Waals surface area contributed by atoms with Gasteiger partial charge in [-0.25, -0.2) is 4.79 Å². The van der Waals surface area contributed by atoms with Crippen LogP contribution in [0.1, 0.15) is 10.4 Å². The summed E-state index contributed by atoms with van der Waals surface area (Å²) in [6, 6.07) is 3.38. The van der Waals surface area contributed by atoms with Crippen molar-refractivity contribution in [2.45, 2.75) is 0 Å². The molecule has 0 radical (unpaired) electrons.